The molecule has 10 heteroatoms. The van der Waals surface area contributed by atoms with E-state index in [1.54, 1.807) is 12.1 Å². The SMILES string of the molecule is CC(C)c1cc2c(cc1Br)[C@@]1(C)CCC[C@@](C)(C(=O)O)[C@@H]1C/C2=N\OCCNS(=O)(=O)c1ccccc1Cl. The van der Waals surface area contributed by atoms with Gasteiger partial charge in [0.2, 0.25) is 10.0 Å². The lowest BCUT2D eigenvalue weighted by Gasteiger charge is -2.53. The van der Waals surface area contributed by atoms with Gasteiger partial charge in [0.1, 0.15) is 11.5 Å². The zero-order valence-corrected chi connectivity index (χ0v) is 25.2. The number of nitrogens with one attached hydrogen (secondary N) is 1. The first-order chi connectivity index (χ1) is 17.8. The highest BCUT2D eigenvalue weighted by atomic mass is 79.9. The molecule has 2 N–H and O–H groups in total. The molecule has 2 aromatic rings. The largest absolute Gasteiger partial charge is 0.481 e. The van der Waals surface area contributed by atoms with Crippen molar-refractivity contribution >= 4 is 49.2 Å². The van der Waals surface area contributed by atoms with Crippen LogP contribution in [0, 0.1) is 11.3 Å². The van der Waals surface area contributed by atoms with E-state index in [9.17, 15) is 18.3 Å². The molecule has 0 bridgehead atoms. The van der Waals surface area contributed by atoms with Crippen molar-refractivity contribution in [2.45, 2.75) is 69.6 Å². The number of halogens is 2. The van der Waals surface area contributed by atoms with E-state index in [0.717, 1.165) is 34.0 Å². The fourth-order valence-corrected chi connectivity index (χ4v) is 8.45. The van der Waals surface area contributed by atoms with Crippen LogP contribution in [0.15, 0.2) is 50.9 Å². The summed E-state index contributed by atoms with van der Waals surface area (Å²) in [6.07, 6.45) is 2.82. The number of hydrogen-bond donors (Lipinski definition) is 2. The number of carboxylic acids is 1. The van der Waals surface area contributed by atoms with Crippen LogP contribution in [0.2, 0.25) is 5.02 Å². The van der Waals surface area contributed by atoms with Crippen molar-refractivity contribution in [3.05, 3.63) is 62.6 Å². The Morgan fingerprint density at radius 3 is 2.63 bits per heavy atom. The lowest BCUT2D eigenvalue weighted by molar-refractivity contribution is -0.156. The van der Waals surface area contributed by atoms with Gasteiger partial charge in [-0.15, -0.1) is 0 Å². The third-order valence-electron chi connectivity index (χ3n) is 8.29. The van der Waals surface area contributed by atoms with Gasteiger partial charge in [-0.1, -0.05) is 72.0 Å². The number of rotatable bonds is 8. The Labute approximate surface area is 238 Å². The first-order valence-corrected chi connectivity index (χ1v) is 15.5. The van der Waals surface area contributed by atoms with Crippen molar-refractivity contribution in [1.82, 2.24) is 4.72 Å². The molecular formula is C28H34BrClN2O5S. The number of sulfonamides is 1. The molecule has 2 aromatic carbocycles. The first kappa shape index (κ1) is 29.1. The summed E-state index contributed by atoms with van der Waals surface area (Å²) >= 11 is 9.79. The van der Waals surface area contributed by atoms with E-state index in [4.69, 9.17) is 16.4 Å². The zero-order chi connectivity index (χ0) is 27.9. The molecule has 0 aromatic heterocycles. The van der Waals surface area contributed by atoms with E-state index in [-0.39, 0.29) is 40.3 Å². The molecule has 4 rings (SSSR count). The molecule has 0 radical (unpaired) electrons. The molecule has 38 heavy (non-hydrogen) atoms. The number of aliphatic carboxylic acids is 1. The highest BCUT2D eigenvalue weighted by molar-refractivity contribution is 9.10. The topological polar surface area (TPSA) is 105 Å². The minimum atomic E-state index is -3.79. The number of carboxylic acid groups (broad SMARTS) is 1. The van der Waals surface area contributed by atoms with Crippen molar-refractivity contribution in [3.63, 3.8) is 0 Å². The van der Waals surface area contributed by atoms with Crippen LogP contribution in [-0.4, -0.2) is 38.4 Å². The Kier molecular flexibility index (Phi) is 8.34. The van der Waals surface area contributed by atoms with Crippen LogP contribution in [0.1, 0.15) is 76.0 Å². The molecule has 0 saturated heterocycles. The van der Waals surface area contributed by atoms with E-state index < -0.39 is 21.4 Å². The van der Waals surface area contributed by atoms with Crippen molar-refractivity contribution in [3.8, 4) is 0 Å². The first-order valence-electron chi connectivity index (χ1n) is 12.8. The van der Waals surface area contributed by atoms with Crippen LogP contribution in [0.5, 0.6) is 0 Å². The summed E-state index contributed by atoms with van der Waals surface area (Å²) in [6, 6.07) is 10.5. The highest BCUT2D eigenvalue weighted by Gasteiger charge is 2.56. The van der Waals surface area contributed by atoms with Crippen LogP contribution in [-0.2, 0) is 25.1 Å². The van der Waals surface area contributed by atoms with Gasteiger partial charge in [-0.25, -0.2) is 13.1 Å². The molecular weight excluding hydrogens is 592 g/mol. The lowest BCUT2D eigenvalue weighted by Crippen LogP contribution is -2.53. The standard InChI is InChI=1S/C28H34BrClN2O5S/c1-17(2)18-14-19-20(15-21(18)29)27(3)10-7-11-28(4,26(33)34)25(27)16-23(19)32-37-13-12-31-38(35,36)24-9-6-5-8-22(24)30/h5-6,8-9,14-15,17,25,31H,7,10-13,16H2,1-4H3,(H,33,34)/b32-23+/t25-,27-,28-/m1/s1. The fraction of sp³-hybridized carbons (Fsp3) is 0.500. The monoisotopic (exact) mass is 624 g/mol. The quantitative estimate of drug-likeness (QED) is 0.258. The zero-order valence-electron chi connectivity index (χ0n) is 22.1. The van der Waals surface area contributed by atoms with Crippen LogP contribution < -0.4 is 4.72 Å². The molecule has 0 aliphatic heterocycles. The molecule has 0 unspecified atom stereocenters. The highest BCUT2D eigenvalue weighted by Crippen LogP contribution is 2.58. The Morgan fingerprint density at radius 1 is 1.26 bits per heavy atom. The third-order valence-corrected chi connectivity index (χ3v) is 10.9. The maximum Gasteiger partial charge on any atom is 0.309 e. The summed E-state index contributed by atoms with van der Waals surface area (Å²) in [5.41, 5.74) is 2.69. The molecule has 0 amide bonds. The van der Waals surface area contributed by atoms with Gasteiger partial charge in [0.15, 0.2) is 0 Å². The normalized spacial score (nSPS) is 26.2. The molecule has 7 nitrogen and oxygen atoms in total. The summed E-state index contributed by atoms with van der Waals surface area (Å²) in [4.78, 5) is 18.1. The number of benzene rings is 2. The van der Waals surface area contributed by atoms with Crippen LogP contribution in [0.25, 0.3) is 0 Å². The van der Waals surface area contributed by atoms with Gasteiger partial charge in [0.25, 0.3) is 0 Å². The van der Waals surface area contributed by atoms with Crippen LogP contribution in [0.4, 0.5) is 0 Å². The van der Waals surface area contributed by atoms with Crippen LogP contribution in [0.3, 0.4) is 0 Å². The average Bonchev–Trinajstić information content (AvgIpc) is 2.84. The molecule has 2 aliphatic rings. The van der Waals surface area contributed by atoms with E-state index in [0.29, 0.717) is 18.6 Å². The summed E-state index contributed by atoms with van der Waals surface area (Å²) in [7, 11) is -3.79. The average molecular weight is 626 g/mol. The maximum absolute atomic E-state index is 12.6. The minimum Gasteiger partial charge on any atom is -0.481 e. The third kappa shape index (κ3) is 5.27. The maximum atomic E-state index is 12.6. The predicted molar refractivity (Wildman–Crippen MR) is 152 cm³/mol. The Morgan fingerprint density at radius 2 is 1.97 bits per heavy atom. The number of carbonyl (C=O) groups is 1. The number of nitrogens with zero attached hydrogens (tertiary/aromatic N) is 1. The Hall–Kier alpha value is -1.94. The van der Waals surface area contributed by atoms with E-state index in [1.165, 1.54) is 12.1 Å². The Bertz CT molecular complexity index is 1380. The number of oxime groups is 1. The lowest BCUT2D eigenvalue weighted by atomic mass is 9.49. The van der Waals surface area contributed by atoms with Gasteiger partial charge in [0.05, 0.1) is 16.1 Å². The van der Waals surface area contributed by atoms with E-state index in [1.807, 2.05) is 6.92 Å². The van der Waals surface area contributed by atoms with Gasteiger partial charge in [0, 0.05) is 16.6 Å². The molecule has 3 atom stereocenters. The fourth-order valence-electron chi connectivity index (χ4n) is 6.12. The summed E-state index contributed by atoms with van der Waals surface area (Å²) in [6.45, 7) is 8.29. The number of hydrogen-bond acceptors (Lipinski definition) is 5. The van der Waals surface area contributed by atoms with Crippen molar-refractivity contribution in [2.75, 3.05) is 13.2 Å². The molecule has 0 spiro atoms. The van der Waals surface area contributed by atoms with Gasteiger partial charge in [-0.2, -0.15) is 0 Å². The van der Waals surface area contributed by atoms with Gasteiger partial charge in [-0.3, -0.25) is 4.79 Å². The Balaban J connectivity index is 1.62. The second kappa shape index (κ2) is 10.9. The number of fused-ring (bicyclic) bond motifs is 3. The molecule has 0 heterocycles. The van der Waals surface area contributed by atoms with Crippen molar-refractivity contribution in [2.24, 2.45) is 16.5 Å². The van der Waals surface area contributed by atoms with Crippen molar-refractivity contribution < 1.29 is 23.2 Å². The van der Waals surface area contributed by atoms with E-state index in [2.05, 4.69) is 58.7 Å². The summed E-state index contributed by atoms with van der Waals surface area (Å²) in [5.74, 6) is -0.673. The summed E-state index contributed by atoms with van der Waals surface area (Å²) < 4.78 is 28.7. The second-order valence-electron chi connectivity index (χ2n) is 11.0. The predicted octanol–water partition coefficient (Wildman–Crippen LogP) is 6.48. The van der Waals surface area contributed by atoms with Gasteiger partial charge >= 0.3 is 5.97 Å². The molecule has 1 fully saturated rings. The van der Waals surface area contributed by atoms with Crippen molar-refractivity contribution in [1.29, 1.82) is 0 Å². The smallest absolute Gasteiger partial charge is 0.309 e. The second-order valence-corrected chi connectivity index (χ2v) is 14.0. The van der Waals surface area contributed by atoms with E-state index >= 15 is 0 Å². The molecule has 2 aliphatic carbocycles. The minimum absolute atomic E-state index is 0.00274. The van der Waals surface area contributed by atoms with Gasteiger partial charge in [-0.05, 0) is 78.8 Å². The molecule has 206 valence electrons. The van der Waals surface area contributed by atoms with Gasteiger partial charge < -0.3 is 9.94 Å². The molecule has 1 saturated carbocycles. The summed E-state index contributed by atoms with van der Waals surface area (Å²) in [5, 5.41) is 14.8. The van der Waals surface area contributed by atoms with Crippen LogP contribution >= 0.6 is 27.5 Å².